The molecule has 0 bridgehead atoms. The molecule has 0 saturated carbocycles. The molecule has 0 aromatic heterocycles. The first-order valence-corrected chi connectivity index (χ1v) is 9.74. The number of esters is 3. The smallest absolute Gasteiger partial charge is 0.331 e. The minimum absolute atomic E-state index is 0.141. The maximum atomic E-state index is 11.9. The van der Waals surface area contributed by atoms with Crippen molar-refractivity contribution in [3.8, 4) is 0 Å². The highest BCUT2D eigenvalue weighted by Crippen LogP contribution is 1.96. The number of ether oxygens (including phenoxy) is 3. The average Bonchev–Trinajstić information content (AvgIpc) is 2.66. The van der Waals surface area contributed by atoms with Crippen LogP contribution in [0.1, 0.15) is 47.5 Å². The third kappa shape index (κ3) is 12.2. The molecule has 0 aliphatic rings. The highest BCUT2D eigenvalue weighted by Gasteiger charge is 2.23. The summed E-state index contributed by atoms with van der Waals surface area (Å²) in [7, 11) is 0. The van der Waals surface area contributed by atoms with Crippen molar-refractivity contribution < 1.29 is 47.8 Å². The van der Waals surface area contributed by atoms with Gasteiger partial charge in [0, 0.05) is 0 Å². The van der Waals surface area contributed by atoms with E-state index in [0.29, 0.717) is 0 Å². The molecule has 0 aromatic rings. The Morgan fingerprint density at radius 1 is 0.625 bits per heavy atom. The van der Waals surface area contributed by atoms with Gasteiger partial charge < -0.3 is 30.2 Å². The van der Waals surface area contributed by atoms with Crippen molar-refractivity contribution in [3.05, 3.63) is 0 Å². The first kappa shape index (κ1) is 28.5. The maximum absolute atomic E-state index is 11.9. The van der Waals surface area contributed by atoms with Gasteiger partial charge in [-0.3, -0.25) is 19.2 Å². The summed E-state index contributed by atoms with van der Waals surface area (Å²) in [5.74, 6) is -5.09. The molecule has 180 valence electrons. The van der Waals surface area contributed by atoms with Crippen LogP contribution in [-0.2, 0) is 47.8 Å². The highest BCUT2D eigenvalue weighted by atomic mass is 16.7. The minimum Gasteiger partial charge on any atom is -0.464 e. The van der Waals surface area contributed by atoms with Gasteiger partial charge in [-0.1, -0.05) is 0 Å². The molecule has 0 aromatic carbocycles. The van der Waals surface area contributed by atoms with Gasteiger partial charge in [0.15, 0.2) is 0 Å². The summed E-state index contributed by atoms with van der Waals surface area (Å²) in [5, 5.41) is 6.75. The zero-order valence-corrected chi connectivity index (χ0v) is 18.6. The topological polar surface area (TPSA) is 183 Å². The Morgan fingerprint density at radius 2 is 0.969 bits per heavy atom. The number of hydrogen-bond donors (Lipinski definition) is 3. The quantitative estimate of drug-likeness (QED) is 0.166. The Hall–Kier alpha value is -3.51. The van der Waals surface area contributed by atoms with Gasteiger partial charge in [0.1, 0.15) is 30.3 Å². The SMILES string of the molecule is CCOC(=O)C(C)NC(=O)CC(=O)NC(C)C(=O)OCOC(=O)C(C)NC(=O)CC(C)=O. The highest BCUT2D eigenvalue weighted by molar-refractivity contribution is 5.99. The van der Waals surface area contributed by atoms with Gasteiger partial charge in [-0.2, -0.15) is 0 Å². The predicted molar refractivity (Wildman–Crippen MR) is 106 cm³/mol. The molecule has 0 fully saturated rings. The van der Waals surface area contributed by atoms with Crippen LogP contribution in [0.5, 0.6) is 0 Å². The van der Waals surface area contributed by atoms with Gasteiger partial charge in [0.25, 0.3) is 0 Å². The van der Waals surface area contributed by atoms with Gasteiger partial charge in [-0.25, -0.2) is 14.4 Å². The molecular weight excluding hydrogens is 430 g/mol. The zero-order valence-electron chi connectivity index (χ0n) is 18.6. The van der Waals surface area contributed by atoms with Gasteiger partial charge in [0.2, 0.25) is 24.5 Å². The van der Waals surface area contributed by atoms with Crippen molar-refractivity contribution in [1.82, 2.24) is 16.0 Å². The summed E-state index contributed by atoms with van der Waals surface area (Å²) in [5.41, 5.74) is 0. The van der Waals surface area contributed by atoms with Crippen LogP contribution in [0.15, 0.2) is 0 Å². The van der Waals surface area contributed by atoms with E-state index in [-0.39, 0.29) is 18.8 Å². The second-order valence-electron chi connectivity index (χ2n) is 6.72. The van der Waals surface area contributed by atoms with Crippen molar-refractivity contribution in [3.63, 3.8) is 0 Å². The van der Waals surface area contributed by atoms with E-state index < -0.39 is 67.0 Å². The van der Waals surface area contributed by atoms with Crippen LogP contribution < -0.4 is 16.0 Å². The lowest BCUT2D eigenvalue weighted by atomic mass is 10.2. The predicted octanol–water partition coefficient (Wildman–Crippen LogP) is -1.52. The first-order chi connectivity index (χ1) is 14.9. The monoisotopic (exact) mass is 459 g/mol. The van der Waals surface area contributed by atoms with Crippen LogP contribution in [0.4, 0.5) is 0 Å². The number of carbonyl (C=O) groups is 7. The molecule has 13 heteroatoms. The molecule has 0 saturated heterocycles. The molecule has 3 N–H and O–H groups in total. The van der Waals surface area contributed by atoms with Crippen LogP contribution in [0.25, 0.3) is 0 Å². The van der Waals surface area contributed by atoms with Gasteiger partial charge in [0.05, 0.1) is 13.0 Å². The third-order valence-corrected chi connectivity index (χ3v) is 3.61. The fraction of sp³-hybridized carbons (Fsp3) is 0.632. The van der Waals surface area contributed by atoms with Crippen molar-refractivity contribution in [1.29, 1.82) is 0 Å². The van der Waals surface area contributed by atoms with E-state index in [1.165, 1.54) is 27.7 Å². The summed E-state index contributed by atoms with van der Waals surface area (Å²) in [6.07, 6.45) is -1.03. The Bertz CT molecular complexity index is 737. The standard InChI is InChI=1S/C19H29N3O10/c1-6-30-17(27)11(3)21-15(25)8-16(26)22-13(5)19(29)32-9-31-18(28)12(4)20-14(24)7-10(2)23/h11-13H,6-9H2,1-5H3,(H,20,24)(H,21,25)(H,22,26). The molecule has 0 radical (unpaired) electrons. The Morgan fingerprint density at radius 3 is 1.31 bits per heavy atom. The number of Topliss-reactive ketones (excluding diaryl/α,β-unsaturated/α-hetero) is 1. The molecule has 0 rings (SSSR count). The molecule has 32 heavy (non-hydrogen) atoms. The summed E-state index contributed by atoms with van der Waals surface area (Å²) in [6, 6.07) is -3.18. The fourth-order valence-electron chi connectivity index (χ4n) is 2.09. The lowest BCUT2D eigenvalue weighted by molar-refractivity contribution is -0.170. The molecule has 0 aliphatic carbocycles. The molecule has 3 unspecified atom stereocenters. The average molecular weight is 459 g/mol. The van der Waals surface area contributed by atoms with Crippen molar-refractivity contribution >= 4 is 41.4 Å². The zero-order chi connectivity index (χ0) is 24.8. The molecule has 13 nitrogen and oxygen atoms in total. The molecule has 0 spiro atoms. The van der Waals surface area contributed by atoms with E-state index in [4.69, 9.17) is 9.47 Å². The van der Waals surface area contributed by atoms with E-state index in [0.717, 1.165) is 0 Å². The number of ketones is 1. The summed E-state index contributed by atoms with van der Waals surface area (Å²) in [4.78, 5) is 80.9. The second kappa shape index (κ2) is 14.5. The lowest BCUT2D eigenvalue weighted by Crippen LogP contribution is -2.44. The second-order valence-corrected chi connectivity index (χ2v) is 6.72. The van der Waals surface area contributed by atoms with Crippen LogP contribution >= 0.6 is 0 Å². The van der Waals surface area contributed by atoms with Crippen LogP contribution in [0, 0.1) is 0 Å². The van der Waals surface area contributed by atoms with Gasteiger partial charge in [-0.15, -0.1) is 0 Å². The van der Waals surface area contributed by atoms with Gasteiger partial charge >= 0.3 is 17.9 Å². The summed E-state index contributed by atoms with van der Waals surface area (Å²) in [6.45, 7) is 6.19. The van der Waals surface area contributed by atoms with E-state index in [2.05, 4.69) is 20.7 Å². The summed E-state index contributed by atoms with van der Waals surface area (Å²) >= 11 is 0. The van der Waals surface area contributed by atoms with Crippen LogP contribution in [0.2, 0.25) is 0 Å². The molecular formula is C19H29N3O10. The van der Waals surface area contributed by atoms with E-state index in [1.807, 2.05) is 0 Å². The van der Waals surface area contributed by atoms with E-state index in [9.17, 15) is 33.6 Å². The number of carbonyl (C=O) groups excluding carboxylic acids is 7. The lowest BCUT2D eigenvalue weighted by Gasteiger charge is -2.16. The molecule has 3 atom stereocenters. The minimum atomic E-state index is -1.16. The van der Waals surface area contributed by atoms with E-state index >= 15 is 0 Å². The Labute approximate surface area is 184 Å². The largest absolute Gasteiger partial charge is 0.464 e. The van der Waals surface area contributed by atoms with Crippen molar-refractivity contribution in [2.45, 2.75) is 65.6 Å². The van der Waals surface area contributed by atoms with Crippen molar-refractivity contribution in [2.24, 2.45) is 0 Å². The summed E-state index contributed by atoms with van der Waals surface area (Å²) < 4.78 is 14.1. The number of rotatable bonds is 13. The van der Waals surface area contributed by atoms with E-state index in [1.54, 1.807) is 6.92 Å². The Balaban J connectivity index is 4.29. The molecule has 3 amide bonds. The normalized spacial score (nSPS) is 12.9. The maximum Gasteiger partial charge on any atom is 0.331 e. The molecule has 0 heterocycles. The van der Waals surface area contributed by atoms with Gasteiger partial charge in [-0.05, 0) is 34.6 Å². The van der Waals surface area contributed by atoms with Crippen LogP contribution in [0.3, 0.4) is 0 Å². The molecule has 0 aliphatic heterocycles. The number of amides is 3. The third-order valence-electron chi connectivity index (χ3n) is 3.61. The number of hydrogen-bond acceptors (Lipinski definition) is 10. The number of nitrogens with one attached hydrogen (secondary N) is 3. The van der Waals surface area contributed by atoms with Crippen LogP contribution in [-0.4, -0.2) is 72.9 Å². The fourth-order valence-corrected chi connectivity index (χ4v) is 2.09. The Kier molecular flexibility index (Phi) is 12.9. The first-order valence-electron chi connectivity index (χ1n) is 9.74. The van der Waals surface area contributed by atoms with Crippen molar-refractivity contribution in [2.75, 3.05) is 13.4 Å².